The maximum absolute atomic E-state index is 13.5. The zero-order valence-corrected chi connectivity index (χ0v) is 12.3. The number of rotatable bonds is 4. The third kappa shape index (κ3) is 3.70. The van der Waals surface area contributed by atoms with Crippen LogP contribution in [0.2, 0.25) is 5.02 Å². The van der Waals surface area contributed by atoms with E-state index in [1.165, 1.54) is 18.2 Å². The van der Waals surface area contributed by atoms with E-state index in [0.717, 1.165) is 0 Å². The van der Waals surface area contributed by atoms with Crippen LogP contribution in [0.4, 0.5) is 4.39 Å². The molecule has 1 fully saturated rings. The number of amides is 1. The van der Waals surface area contributed by atoms with E-state index in [-0.39, 0.29) is 28.0 Å². The van der Waals surface area contributed by atoms with Gasteiger partial charge in [-0.1, -0.05) is 17.7 Å². The van der Waals surface area contributed by atoms with Crippen LogP contribution < -0.4 is 5.32 Å². The van der Waals surface area contributed by atoms with E-state index in [1.54, 1.807) is 0 Å². The number of hydrogen-bond acceptors (Lipinski definition) is 3. The highest BCUT2D eigenvalue weighted by atomic mass is 35.5. The van der Waals surface area contributed by atoms with Gasteiger partial charge in [-0.05, 0) is 30.9 Å². The SMILES string of the molecule is O=C(NCCC1CCS(=O)(=O)C1)c1c(F)cccc1Cl. The Labute approximate surface area is 122 Å². The van der Waals surface area contributed by atoms with E-state index in [9.17, 15) is 17.6 Å². The van der Waals surface area contributed by atoms with Gasteiger partial charge in [0, 0.05) is 6.54 Å². The van der Waals surface area contributed by atoms with Gasteiger partial charge in [-0.25, -0.2) is 12.8 Å². The van der Waals surface area contributed by atoms with Gasteiger partial charge in [0.2, 0.25) is 0 Å². The number of sulfone groups is 1. The van der Waals surface area contributed by atoms with E-state index < -0.39 is 21.6 Å². The molecule has 2 rings (SSSR count). The van der Waals surface area contributed by atoms with Gasteiger partial charge >= 0.3 is 0 Å². The van der Waals surface area contributed by atoms with E-state index in [0.29, 0.717) is 19.4 Å². The maximum atomic E-state index is 13.5. The van der Waals surface area contributed by atoms with Crippen molar-refractivity contribution in [3.05, 3.63) is 34.6 Å². The highest BCUT2D eigenvalue weighted by Gasteiger charge is 2.27. The lowest BCUT2D eigenvalue weighted by atomic mass is 10.1. The molecule has 1 amide bonds. The van der Waals surface area contributed by atoms with Gasteiger partial charge in [-0.3, -0.25) is 4.79 Å². The van der Waals surface area contributed by atoms with Gasteiger partial charge in [0.25, 0.3) is 5.91 Å². The average molecular weight is 320 g/mol. The summed E-state index contributed by atoms with van der Waals surface area (Å²) in [6, 6.07) is 4.05. The first-order valence-corrected chi connectivity index (χ1v) is 8.51. The molecular weight excluding hydrogens is 305 g/mol. The third-order valence-corrected chi connectivity index (χ3v) is 5.51. The number of benzene rings is 1. The van der Waals surface area contributed by atoms with Gasteiger partial charge in [0.05, 0.1) is 22.1 Å². The highest BCUT2D eigenvalue weighted by Crippen LogP contribution is 2.21. The molecule has 0 spiro atoms. The zero-order valence-electron chi connectivity index (χ0n) is 10.7. The van der Waals surface area contributed by atoms with Crippen molar-refractivity contribution in [3.63, 3.8) is 0 Å². The molecule has 7 heteroatoms. The summed E-state index contributed by atoms with van der Waals surface area (Å²) in [6.45, 7) is 0.309. The lowest BCUT2D eigenvalue weighted by Crippen LogP contribution is -2.27. The number of carbonyl (C=O) groups excluding carboxylic acids is 1. The molecule has 1 aliphatic rings. The first kappa shape index (κ1) is 15.3. The second kappa shape index (κ2) is 6.10. The number of hydrogen-bond donors (Lipinski definition) is 1. The van der Waals surface area contributed by atoms with Crippen LogP contribution in [0.15, 0.2) is 18.2 Å². The van der Waals surface area contributed by atoms with E-state index in [4.69, 9.17) is 11.6 Å². The Hall–Kier alpha value is -1.14. The molecule has 20 heavy (non-hydrogen) atoms. The summed E-state index contributed by atoms with van der Waals surface area (Å²) in [5.74, 6) is -0.794. The van der Waals surface area contributed by atoms with Crippen LogP contribution in [0.1, 0.15) is 23.2 Å². The normalized spacial score (nSPS) is 20.8. The second-order valence-corrected chi connectivity index (χ2v) is 7.55. The smallest absolute Gasteiger partial charge is 0.255 e. The minimum absolute atomic E-state index is 0.0611. The summed E-state index contributed by atoms with van der Waals surface area (Å²) in [4.78, 5) is 11.8. The second-order valence-electron chi connectivity index (χ2n) is 4.91. The largest absolute Gasteiger partial charge is 0.352 e. The first-order valence-electron chi connectivity index (χ1n) is 6.32. The minimum atomic E-state index is -2.91. The molecule has 1 N–H and O–H groups in total. The van der Waals surface area contributed by atoms with Gasteiger partial charge < -0.3 is 5.32 Å². The lowest BCUT2D eigenvalue weighted by molar-refractivity contribution is 0.0948. The summed E-state index contributed by atoms with van der Waals surface area (Å²) in [5, 5.41) is 2.64. The summed E-state index contributed by atoms with van der Waals surface area (Å²) < 4.78 is 36.1. The molecule has 0 aliphatic carbocycles. The Balaban J connectivity index is 1.87. The quantitative estimate of drug-likeness (QED) is 0.923. The van der Waals surface area contributed by atoms with Crippen molar-refractivity contribution in [1.82, 2.24) is 5.32 Å². The average Bonchev–Trinajstić information content (AvgIpc) is 2.69. The van der Waals surface area contributed by atoms with Gasteiger partial charge in [-0.15, -0.1) is 0 Å². The molecule has 0 aromatic heterocycles. The van der Waals surface area contributed by atoms with Crippen molar-refractivity contribution >= 4 is 27.3 Å². The van der Waals surface area contributed by atoms with Crippen LogP contribution in [-0.2, 0) is 9.84 Å². The molecule has 1 unspecified atom stereocenters. The highest BCUT2D eigenvalue weighted by molar-refractivity contribution is 7.91. The van der Waals surface area contributed by atoms with Crippen LogP contribution in [0, 0.1) is 11.7 Å². The molecule has 0 radical (unpaired) electrons. The maximum Gasteiger partial charge on any atom is 0.255 e. The van der Waals surface area contributed by atoms with E-state index in [1.807, 2.05) is 0 Å². The molecule has 4 nitrogen and oxygen atoms in total. The summed E-state index contributed by atoms with van der Waals surface area (Å²) >= 11 is 5.79. The number of halogens is 2. The third-order valence-electron chi connectivity index (χ3n) is 3.35. The van der Waals surface area contributed by atoms with Gasteiger partial charge in [0.15, 0.2) is 9.84 Å². The Morgan fingerprint density at radius 2 is 2.20 bits per heavy atom. The topological polar surface area (TPSA) is 63.2 Å². The Morgan fingerprint density at radius 3 is 2.80 bits per heavy atom. The number of carbonyl (C=O) groups is 1. The first-order chi connectivity index (χ1) is 9.39. The minimum Gasteiger partial charge on any atom is -0.352 e. The van der Waals surface area contributed by atoms with E-state index >= 15 is 0 Å². The standard InChI is InChI=1S/C13H15ClFNO3S/c14-10-2-1-3-11(15)12(10)13(17)16-6-4-9-5-7-20(18,19)8-9/h1-3,9H,4-8H2,(H,16,17). The summed E-state index contributed by atoms with van der Waals surface area (Å²) in [7, 11) is -2.91. The number of nitrogens with one attached hydrogen (secondary N) is 1. The molecule has 1 aliphatic heterocycles. The fraction of sp³-hybridized carbons (Fsp3) is 0.462. The molecular formula is C13H15ClFNO3S. The van der Waals surface area contributed by atoms with Gasteiger partial charge in [0.1, 0.15) is 5.82 Å². The monoisotopic (exact) mass is 319 g/mol. The predicted octanol–water partition coefficient (Wildman–Crippen LogP) is 2.03. The van der Waals surface area contributed by atoms with Crippen molar-refractivity contribution in [1.29, 1.82) is 0 Å². The molecule has 1 atom stereocenters. The van der Waals surface area contributed by atoms with E-state index in [2.05, 4.69) is 5.32 Å². The fourth-order valence-corrected chi connectivity index (χ4v) is 4.45. The zero-order chi connectivity index (χ0) is 14.8. The molecule has 1 aromatic rings. The Bertz CT molecular complexity index is 598. The summed E-state index contributed by atoms with van der Waals surface area (Å²) in [5.41, 5.74) is -0.173. The molecule has 1 heterocycles. The van der Waals surface area contributed by atoms with Crippen molar-refractivity contribution in [2.45, 2.75) is 12.8 Å². The fourth-order valence-electron chi connectivity index (χ4n) is 2.29. The molecule has 0 bridgehead atoms. The van der Waals surface area contributed by atoms with Crippen molar-refractivity contribution in [2.75, 3.05) is 18.1 Å². The van der Waals surface area contributed by atoms with Crippen molar-refractivity contribution in [3.8, 4) is 0 Å². The lowest BCUT2D eigenvalue weighted by Gasteiger charge is -2.10. The molecule has 110 valence electrons. The van der Waals surface area contributed by atoms with Crippen LogP contribution in [0.5, 0.6) is 0 Å². The van der Waals surface area contributed by atoms with Crippen molar-refractivity contribution < 1.29 is 17.6 Å². The molecule has 1 saturated heterocycles. The van der Waals surface area contributed by atoms with Crippen molar-refractivity contribution in [2.24, 2.45) is 5.92 Å². The summed E-state index contributed by atoms with van der Waals surface area (Å²) in [6.07, 6.45) is 1.19. The van der Waals surface area contributed by atoms with Crippen LogP contribution >= 0.6 is 11.6 Å². The van der Waals surface area contributed by atoms with Crippen LogP contribution in [0.3, 0.4) is 0 Å². The Kier molecular flexibility index (Phi) is 4.65. The molecule has 1 aromatic carbocycles. The molecule has 0 saturated carbocycles. The van der Waals surface area contributed by atoms with Crippen LogP contribution in [-0.4, -0.2) is 32.4 Å². The predicted molar refractivity (Wildman–Crippen MR) is 75.1 cm³/mol. The van der Waals surface area contributed by atoms with Gasteiger partial charge in [-0.2, -0.15) is 0 Å². The Morgan fingerprint density at radius 1 is 1.45 bits per heavy atom. The van der Waals surface area contributed by atoms with Crippen LogP contribution in [0.25, 0.3) is 0 Å².